The van der Waals surface area contributed by atoms with Crippen LogP contribution in [0.1, 0.15) is 50.8 Å². The summed E-state index contributed by atoms with van der Waals surface area (Å²) in [6.07, 6.45) is 6.15. The first kappa shape index (κ1) is 11.9. The molecule has 0 saturated heterocycles. The molecule has 16 heavy (non-hydrogen) atoms. The number of thiazole rings is 1. The van der Waals surface area contributed by atoms with E-state index in [9.17, 15) is 5.11 Å². The third kappa shape index (κ3) is 2.55. The molecule has 0 amide bonds. The average molecular weight is 240 g/mol. The highest BCUT2D eigenvalue weighted by Crippen LogP contribution is 2.29. The molecule has 3 nitrogen and oxygen atoms in total. The van der Waals surface area contributed by atoms with Gasteiger partial charge in [-0.15, -0.1) is 11.3 Å². The van der Waals surface area contributed by atoms with Crippen LogP contribution in [0.25, 0.3) is 0 Å². The summed E-state index contributed by atoms with van der Waals surface area (Å²) in [6.45, 7) is 1.76. The second-order valence-electron chi connectivity index (χ2n) is 4.63. The highest BCUT2D eigenvalue weighted by molar-refractivity contribution is 7.13. The summed E-state index contributed by atoms with van der Waals surface area (Å²) in [6, 6.07) is 0.641. The smallest absolute Gasteiger partial charge is 0.185 e. The van der Waals surface area contributed by atoms with Crippen LogP contribution in [0.3, 0.4) is 0 Å². The molecule has 90 valence electrons. The van der Waals surface area contributed by atoms with Gasteiger partial charge in [-0.05, 0) is 19.8 Å². The zero-order valence-corrected chi connectivity index (χ0v) is 10.8. The van der Waals surface area contributed by atoms with E-state index < -0.39 is 6.10 Å². The number of aliphatic hydroxyl groups is 1. The molecule has 1 aliphatic carbocycles. The molecule has 0 spiro atoms. The van der Waals surface area contributed by atoms with E-state index in [1.807, 2.05) is 5.38 Å². The fourth-order valence-corrected chi connectivity index (χ4v) is 3.20. The Morgan fingerprint density at radius 2 is 2.12 bits per heavy atom. The van der Waals surface area contributed by atoms with E-state index in [0.29, 0.717) is 6.04 Å². The van der Waals surface area contributed by atoms with Crippen molar-refractivity contribution in [2.45, 2.75) is 51.2 Å². The monoisotopic (exact) mass is 240 g/mol. The van der Waals surface area contributed by atoms with E-state index in [1.54, 1.807) is 18.3 Å². The maximum absolute atomic E-state index is 9.45. The zero-order valence-electron chi connectivity index (χ0n) is 10.0. The molecule has 1 aromatic rings. The quantitative estimate of drug-likeness (QED) is 0.882. The average Bonchev–Trinajstić information content (AvgIpc) is 2.78. The van der Waals surface area contributed by atoms with Gasteiger partial charge in [0, 0.05) is 18.5 Å². The lowest BCUT2D eigenvalue weighted by Crippen LogP contribution is -2.33. The van der Waals surface area contributed by atoms with Gasteiger partial charge in [0.15, 0.2) is 5.13 Å². The lowest BCUT2D eigenvalue weighted by Gasteiger charge is -2.30. The molecule has 0 aliphatic heterocycles. The fourth-order valence-electron chi connectivity index (χ4n) is 2.25. The van der Waals surface area contributed by atoms with Gasteiger partial charge in [-0.3, -0.25) is 0 Å². The molecule has 1 atom stereocenters. The molecular weight excluding hydrogens is 220 g/mol. The first-order valence-electron chi connectivity index (χ1n) is 6.05. The van der Waals surface area contributed by atoms with Gasteiger partial charge in [0.05, 0.1) is 11.8 Å². The van der Waals surface area contributed by atoms with Gasteiger partial charge in [0.25, 0.3) is 0 Å². The highest BCUT2D eigenvalue weighted by Gasteiger charge is 2.20. The van der Waals surface area contributed by atoms with Gasteiger partial charge in [0.2, 0.25) is 0 Å². The maximum Gasteiger partial charge on any atom is 0.185 e. The SMILES string of the molecule is CC(O)c1csc(N(C)C2CCCCC2)n1. The van der Waals surface area contributed by atoms with Crippen LogP contribution in [0.15, 0.2) is 5.38 Å². The van der Waals surface area contributed by atoms with Crippen LogP contribution in [0.5, 0.6) is 0 Å². The molecule has 1 saturated carbocycles. The van der Waals surface area contributed by atoms with Crippen molar-refractivity contribution in [1.82, 2.24) is 4.98 Å². The predicted molar refractivity (Wildman–Crippen MR) is 68.0 cm³/mol. The fraction of sp³-hybridized carbons (Fsp3) is 0.750. The third-order valence-corrected chi connectivity index (χ3v) is 4.31. The Balaban J connectivity index is 2.04. The van der Waals surface area contributed by atoms with Crippen molar-refractivity contribution in [1.29, 1.82) is 0 Å². The molecule has 1 N–H and O–H groups in total. The summed E-state index contributed by atoms with van der Waals surface area (Å²) in [7, 11) is 2.13. The third-order valence-electron chi connectivity index (χ3n) is 3.36. The minimum atomic E-state index is -0.454. The second-order valence-corrected chi connectivity index (χ2v) is 5.47. The van der Waals surface area contributed by atoms with Crippen molar-refractivity contribution in [3.8, 4) is 0 Å². The van der Waals surface area contributed by atoms with Crippen molar-refractivity contribution in [3.05, 3.63) is 11.1 Å². The largest absolute Gasteiger partial charge is 0.387 e. The standard InChI is InChI=1S/C12H20N2OS/c1-9(15)11-8-16-12(13-11)14(2)10-6-4-3-5-7-10/h8-10,15H,3-7H2,1-2H3. The zero-order chi connectivity index (χ0) is 11.5. The van der Waals surface area contributed by atoms with Gasteiger partial charge in [-0.1, -0.05) is 19.3 Å². The van der Waals surface area contributed by atoms with Crippen molar-refractivity contribution in [2.75, 3.05) is 11.9 Å². The van der Waals surface area contributed by atoms with Crippen LogP contribution >= 0.6 is 11.3 Å². The van der Waals surface area contributed by atoms with Crippen LogP contribution in [0.2, 0.25) is 0 Å². The van der Waals surface area contributed by atoms with Gasteiger partial charge in [-0.25, -0.2) is 4.98 Å². The molecule has 4 heteroatoms. The van der Waals surface area contributed by atoms with Crippen LogP contribution in [0, 0.1) is 0 Å². The summed E-state index contributed by atoms with van der Waals surface area (Å²) in [4.78, 5) is 6.77. The molecule has 2 rings (SSSR count). The number of hydrogen-bond acceptors (Lipinski definition) is 4. The molecule has 0 radical (unpaired) electrons. The summed E-state index contributed by atoms with van der Waals surface area (Å²) in [5.41, 5.74) is 0.794. The molecule has 1 heterocycles. The summed E-state index contributed by atoms with van der Waals surface area (Å²) < 4.78 is 0. The Kier molecular flexibility index (Phi) is 3.82. The molecule has 1 fully saturated rings. The van der Waals surface area contributed by atoms with E-state index in [1.165, 1.54) is 32.1 Å². The minimum absolute atomic E-state index is 0.454. The summed E-state index contributed by atoms with van der Waals surface area (Å²) >= 11 is 1.63. The van der Waals surface area contributed by atoms with Crippen molar-refractivity contribution >= 4 is 16.5 Å². The van der Waals surface area contributed by atoms with Gasteiger partial charge >= 0.3 is 0 Å². The maximum atomic E-state index is 9.45. The van der Waals surface area contributed by atoms with E-state index in [-0.39, 0.29) is 0 Å². The predicted octanol–water partition coefficient (Wildman–Crippen LogP) is 2.97. The van der Waals surface area contributed by atoms with E-state index in [2.05, 4.69) is 16.9 Å². The topological polar surface area (TPSA) is 36.4 Å². The molecule has 0 bridgehead atoms. The Hall–Kier alpha value is -0.610. The van der Waals surface area contributed by atoms with Crippen LogP contribution in [-0.2, 0) is 0 Å². The molecule has 1 aliphatic rings. The van der Waals surface area contributed by atoms with Crippen molar-refractivity contribution < 1.29 is 5.11 Å². The summed E-state index contributed by atoms with van der Waals surface area (Å²) in [5.74, 6) is 0. The molecule has 0 aromatic carbocycles. The number of hydrogen-bond donors (Lipinski definition) is 1. The Labute approximate surface area is 101 Å². The lowest BCUT2D eigenvalue weighted by molar-refractivity contribution is 0.195. The molecular formula is C12H20N2OS. The van der Waals surface area contributed by atoms with Gasteiger partial charge in [-0.2, -0.15) is 0 Å². The van der Waals surface area contributed by atoms with E-state index in [0.717, 1.165) is 10.8 Å². The summed E-state index contributed by atoms with van der Waals surface area (Å²) in [5, 5.41) is 12.5. The lowest BCUT2D eigenvalue weighted by atomic mass is 9.95. The minimum Gasteiger partial charge on any atom is -0.387 e. The number of nitrogens with zero attached hydrogens (tertiary/aromatic N) is 2. The number of anilines is 1. The Morgan fingerprint density at radius 3 is 2.69 bits per heavy atom. The van der Waals surface area contributed by atoms with Crippen LogP contribution in [0.4, 0.5) is 5.13 Å². The van der Waals surface area contributed by atoms with E-state index >= 15 is 0 Å². The van der Waals surface area contributed by atoms with Crippen LogP contribution in [-0.4, -0.2) is 23.2 Å². The molecule has 1 unspecified atom stereocenters. The number of aliphatic hydroxyl groups excluding tert-OH is 1. The first-order chi connectivity index (χ1) is 7.68. The normalized spacial score (nSPS) is 19.7. The number of rotatable bonds is 3. The second kappa shape index (κ2) is 5.15. The molecule has 1 aromatic heterocycles. The van der Waals surface area contributed by atoms with Crippen LogP contribution < -0.4 is 4.90 Å². The Morgan fingerprint density at radius 1 is 1.44 bits per heavy atom. The Bertz CT molecular complexity index is 332. The highest BCUT2D eigenvalue weighted by atomic mass is 32.1. The number of aromatic nitrogens is 1. The van der Waals surface area contributed by atoms with Gasteiger partial charge < -0.3 is 10.0 Å². The van der Waals surface area contributed by atoms with Gasteiger partial charge in [0.1, 0.15) is 0 Å². The first-order valence-corrected chi connectivity index (χ1v) is 6.93. The van der Waals surface area contributed by atoms with E-state index in [4.69, 9.17) is 0 Å². The van der Waals surface area contributed by atoms with Crippen molar-refractivity contribution in [2.24, 2.45) is 0 Å². The van der Waals surface area contributed by atoms with Crippen molar-refractivity contribution in [3.63, 3.8) is 0 Å².